The van der Waals surface area contributed by atoms with Gasteiger partial charge < -0.3 is 15.4 Å². The van der Waals surface area contributed by atoms with Crippen LogP contribution in [0.15, 0.2) is 35.7 Å². The van der Waals surface area contributed by atoms with Gasteiger partial charge in [0, 0.05) is 30.9 Å². The predicted octanol–water partition coefficient (Wildman–Crippen LogP) is 3.52. The maximum atomic E-state index is 12.5. The van der Waals surface area contributed by atoms with Crippen LogP contribution in [0.3, 0.4) is 0 Å². The molecule has 5 nitrogen and oxygen atoms in total. The minimum absolute atomic E-state index is 0. The molecular weight excluding hydrogens is 417 g/mol. The number of nitrogens with one attached hydrogen (secondary N) is 2. The fourth-order valence-electron chi connectivity index (χ4n) is 3.42. The quantitative estimate of drug-likeness (QED) is 0.652. The van der Waals surface area contributed by atoms with E-state index in [1.165, 1.54) is 5.56 Å². The van der Waals surface area contributed by atoms with Crippen LogP contribution in [0.4, 0.5) is 0 Å². The van der Waals surface area contributed by atoms with Crippen molar-refractivity contribution in [3.63, 3.8) is 0 Å². The van der Waals surface area contributed by atoms with Crippen LogP contribution in [0.25, 0.3) is 0 Å². The number of carbonyl (C=O) groups is 1. The standard InChI is InChI=1S/C20H27N3O2S.2ClH/c1-25-15-20(9-11-21-12-10-20)14-22-19(24)17-13-26-18(23-17)8-7-16-5-3-2-4-6-16;;/h2-6,13,21H,7-12,14-15H2,1H3,(H,22,24);2*1H. The van der Waals surface area contributed by atoms with Crippen LogP contribution in [0.2, 0.25) is 0 Å². The highest BCUT2D eigenvalue weighted by atomic mass is 35.5. The molecule has 8 heteroatoms. The largest absolute Gasteiger partial charge is 0.384 e. The number of amides is 1. The van der Waals surface area contributed by atoms with Gasteiger partial charge in [-0.3, -0.25) is 4.79 Å². The van der Waals surface area contributed by atoms with Gasteiger partial charge in [-0.25, -0.2) is 4.98 Å². The molecule has 0 aliphatic carbocycles. The second-order valence-electron chi connectivity index (χ2n) is 6.98. The fraction of sp³-hybridized carbons (Fsp3) is 0.500. The minimum atomic E-state index is -0.0822. The molecule has 28 heavy (non-hydrogen) atoms. The van der Waals surface area contributed by atoms with Crippen LogP contribution >= 0.6 is 36.2 Å². The summed E-state index contributed by atoms with van der Waals surface area (Å²) in [7, 11) is 1.73. The molecule has 1 aromatic carbocycles. The van der Waals surface area contributed by atoms with Gasteiger partial charge in [0.15, 0.2) is 0 Å². The summed E-state index contributed by atoms with van der Waals surface area (Å²) in [6.07, 6.45) is 3.83. The molecule has 156 valence electrons. The summed E-state index contributed by atoms with van der Waals surface area (Å²) in [6.45, 7) is 3.26. The van der Waals surface area contributed by atoms with Crippen molar-refractivity contribution in [2.75, 3.05) is 33.4 Å². The molecule has 1 amide bonds. The zero-order chi connectivity index (χ0) is 18.2. The number of piperidine rings is 1. The number of hydrogen-bond donors (Lipinski definition) is 2. The van der Waals surface area contributed by atoms with Gasteiger partial charge in [0.2, 0.25) is 0 Å². The Bertz CT molecular complexity index is 701. The zero-order valence-electron chi connectivity index (χ0n) is 16.1. The number of aryl methyl sites for hydroxylation is 2. The van der Waals surface area contributed by atoms with Crippen molar-refractivity contribution < 1.29 is 9.53 Å². The third kappa shape index (κ3) is 7.01. The van der Waals surface area contributed by atoms with E-state index in [2.05, 4.69) is 27.8 Å². The first-order chi connectivity index (χ1) is 12.7. The SMILES string of the molecule is COCC1(CNC(=O)c2csc(CCc3ccccc3)n2)CCNCC1.Cl.Cl. The summed E-state index contributed by atoms with van der Waals surface area (Å²) >= 11 is 1.56. The Morgan fingerprint density at radius 2 is 1.93 bits per heavy atom. The van der Waals surface area contributed by atoms with Gasteiger partial charge in [-0.2, -0.15) is 0 Å². The average Bonchev–Trinajstić information content (AvgIpc) is 3.16. The smallest absolute Gasteiger partial charge is 0.270 e. The van der Waals surface area contributed by atoms with Crippen molar-refractivity contribution in [1.82, 2.24) is 15.6 Å². The Hall–Kier alpha value is -1.18. The molecule has 2 heterocycles. The summed E-state index contributed by atoms with van der Waals surface area (Å²) in [5, 5.41) is 9.32. The number of methoxy groups -OCH3 is 1. The van der Waals surface area contributed by atoms with Crippen molar-refractivity contribution in [3.8, 4) is 0 Å². The molecule has 1 aromatic heterocycles. The molecule has 1 fully saturated rings. The molecule has 2 N–H and O–H groups in total. The number of benzene rings is 1. The van der Waals surface area contributed by atoms with Crippen LogP contribution in [-0.2, 0) is 17.6 Å². The Morgan fingerprint density at radius 3 is 2.61 bits per heavy atom. The third-order valence-electron chi connectivity index (χ3n) is 4.99. The second-order valence-corrected chi connectivity index (χ2v) is 7.92. The van der Waals surface area contributed by atoms with Gasteiger partial charge >= 0.3 is 0 Å². The van der Waals surface area contributed by atoms with Gasteiger partial charge in [0.05, 0.1) is 11.6 Å². The van der Waals surface area contributed by atoms with E-state index in [1.54, 1.807) is 18.4 Å². The first kappa shape index (κ1) is 24.9. The summed E-state index contributed by atoms with van der Waals surface area (Å²) in [5.74, 6) is -0.0822. The first-order valence-electron chi connectivity index (χ1n) is 9.17. The van der Waals surface area contributed by atoms with E-state index >= 15 is 0 Å². The molecule has 3 rings (SSSR count). The molecule has 0 bridgehead atoms. The van der Waals surface area contributed by atoms with E-state index in [4.69, 9.17) is 4.74 Å². The number of aromatic nitrogens is 1. The molecule has 1 aliphatic rings. The topological polar surface area (TPSA) is 63.2 Å². The Morgan fingerprint density at radius 1 is 1.21 bits per heavy atom. The monoisotopic (exact) mass is 445 g/mol. The Kier molecular flexibility index (Phi) is 11.0. The van der Waals surface area contributed by atoms with Crippen LogP contribution in [0.1, 0.15) is 33.9 Å². The van der Waals surface area contributed by atoms with Crippen LogP contribution in [0.5, 0.6) is 0 Å². The van der Waals surface area contributed by atoms with E-state index in [9.17, 15) is 4.79 Å². The summed E-state index contributed by atoms with van der Waals surface area (Å²) in [5.41, 5.74) is 1.85. The molecular formula is C20H29Cl2N3O2S. The average molecular weight is 446 g/mol. The summed E-state index contributed by atoms with van der Waals surface area (Å²) in [4.78, 5) is 17.0. The lowest BCUT2D eigenvalue weighted by molar-refractivity contribution is 0.0511. The highest BCUT2D eigenvalue weighted by Crippen LogP contribution is 2.28. The summed E-state index contributed by atoms with van der Waals surface area (Å²) in [6, 6.07) is 10.4. The fourth-order valence-corrected chi connectivity index (χ4v) is 4.20. The van der Waals surface area contributed by atoms with Gasteiger partial charge in [-0.15, -0.1) is 36.2 Å². The highest BCUT2D eigenvalue weighted by Gasteiger charge is 2.32. The number of hydrogen-bond acceptors (Lipinski definition) is 5. The van der Waals surface area contributed by atoms with E-state index in [0.717, 1.165) is 43.8 Å². The second kappa shape index (κ2) is 12.4. The highest BCUT2D eigenvalue weighted by molar-refractivity contribution is 7.09. The van der Waals surface area contributed by atoms with Crippen molar-refractivity contribution in [1.29, 1.82) is 0 Å². The summed E-state index contributed by atoms with van der Waals surface area (Å²) < 4.78 is 5.41. The Labute approximate surface area is 183 Å². The maximum Gasteiger partial charge on any atom is 0.270 e. The van der Waals surface area contributed by atoms with E-state index in [-0.39, 0.29) is 36.1 Å². The molecule has 0 saturated carbocycles. The molecule has 0 unspecified atom stereocenters. The molecule has 0 atom stereocenters. The molecule has 2 aromatic rings. The third-order valence-corrected chi connectivity index (χ3v) is 5.90. The van der Waals surface area contributed by atoms with Crippen molar-refractivity contribution in [3.05, 3.63) is 52.0 Å². The zero-order valence-corrected chi connectivity index (χ0v) is 18.6. The molecule has 0 radical (unpaired) electrons. The lowest BCUT2D eigenvalue weighted by Crippen LogP contribution is -2.47. The molecule has 0 spiro atoms. The number of nitrogens with zero attached hydrogens (tertiary/aromatic N) is 1. The van der Waals surface area contributed by atoms with Gasteiger partial charge in [0.1, 0.15) is 5.69 Å². The van der Waals surface area contributed by atoms with Crippen LogP contribution in [0, 0.1) is 5.41 Å². The van der Waals surface area contributed by atoms with Crippen molar-refractivity contribution in [2.24, 2.45) is 5.41 Å². The normalized spacial score (nSPS) is 15.2. The number of thiazole rings is 1. The number of halogens is 2. The maximum absolute atomic E-state index is 12.5. The number of carbonyl (C=O) groups excluding carboxylic acids is 1. The number of rotatable bonds is 8. The lowest BCUT2D eigenvalue weighted by atomic mass is 9.79. The van der Waals surface area contributed by atoms with Crippen LogP contribution in [-0.4, -0.2) is 44.2 Å². The van der Waals surface area contributed by atoms with E-state index in [1.807, 2.05) is 23.6 Å². The Balaban J connectivity index is 0.00000196. The molecule has 1 saturated heterocycles. The van der Waals surface area contributed by atoms with Crippen molar-refractivity contribution in [2.45, 2.75) is 25.7 Å². The van der Waals surface area contributed by atoms with Gasteiger partial charge in [0.25, 0.3) is 5.91 Å². The van der Waals surface area contributed by atoms with Gasteiger partial charge in [-0.05, 0) is 37.9 Å². The number of ether oxygens (including phenoxy) is 1. The van der Waals surface area contributed by atoms with Crippen molar-refractivity contribution >= 4 is 42.1 Å². The van der Waals surface area contributed by atoms with Gasteiger partial charge in [-0.1, -0.05) is 30.3 Å². The lowest BCUT2D eigenvalue weighted by Gasteiger charge is -2.37. The van der Waals surface area contributed by atoms with E-state index < -0.39 is 0 Å². The molecule has 1 aliphatic heterocycles. The van der Waals surface area contributed by atoms with Crippen LogP contribution < -0.4 is 10.6 Å². The minimum Gasteiger partial charge on any atom is -0.384 e. The van der Waals surface area contributed by atoms with E-state index in [0.29, 0.717) is 18.8 Å². The predicted molar refractivity (Wildman–Crippen MR) is 119 cm³/mol. The first-order valence-corrected chi connectivity index (χ1v) is 10.0.